The Balaban J connectivity index is 1.85. The number of ketones is 1. The van der Waals surface area contributed by atoms with E-state index in [2.05, 4.69) is 0 Å². The fourth-order valence-corrected chi connectivity index (χ4v) is 3.49. The lowest BCUT2D eigenvalue weighted by Crippen LogP contribution is -2.29. The summed E-state index contributed by atoms with van der Waals surface area (Å²) in [6.45, 7) is 0.00476. The summed E-state index contributed by atoms with van der Waals surface area (Å²) in [7, 11) is 0. The molecule has 1 amide bonds. The second-order valence-corrected chi connectivity index (χ2v) is 6.72. The molecule has 1 fully saturated rings. The monoisotopic (exact) mass is 404 g/mol. The molecule has 1 atom stereocenters. The van der Waals surface area contributed by atoms with Crippen molar-refractivity contribution in [3.63, 3.8) is 0 Å². The van der Waals surface area contributed by atoms with Gasteiger partial charge in [0.05, 0.1) is 29.3 Å². The summed E-state index contributed by atoms with van der Waals surface area (Å²) in [4.78, 5) is 37.4. The summed E-state index contributed by atoms with van der Waals surface area (Å²) in [5.41, 5.74) is 0.653. The summed E-state index contributed by atoms with van der Waals surface area (Å²) in [6.07, 6.45) is 1.46. The molecule has 1 aliphatic heterocycles. The molecular weight excluding hydrogens is 388 g/mol. The summed E-state index contributed by atoms with van der Waals surface area (Å²) in [5.74, 6) is -1.46. The summed E-state index contributed by atoms with van der Waals surface area (Å²) in [6, 6.07) is 16.4. The van der Waals surface area contributed by atoms with Gasteiger partial charge in [-0.3, -0.25) is 19.7 Å². The lowest BCUT2D eigenvalue weighted by molar-refractivity contribution is -0.384. The summed E-state index contributed by atoms with van der Waals surface area (Å²) >= 11 is 0. The van der Waals surface area contributed by atoms with E-state index >= 15 is 0 Å². The molecule has 0 saturated carbocycles. The van der Waals surface area contributed by atoms with Crippen molar-refractivity contribution >= 4 is 23.1 Å². The van der Waals surface area contributed by atoms with E-state index in [0.717, 1.165) is 0 Å². The molecule has 30 heavy (non-hydrogen) atoms. The lowest BCUT2D eigenvalue weighted by Gasteiger charge is -2.24. The van der Waals surface area contributed by atoms with E-state index in [4.69, 9.17) is 4.42 Å². The number of nitro groups is 1. The molecule has 8 heteroatoms. The predicted molar refractivity (Wildman–Crippen MR) is 106 cm³/mol. The first-order valence-corrected chi connectivity index (χ1v) is 9.08. The first-order chi connectivity index (χ1) is 14.5. The van der Waals surface area contributed by atoms with Gasteiger partial charge in [0, 0.05) is 17.7 Å². The highest BCUT2D eigenvalue weighted by Crippen LogP contribution is 2.40. The van der Waals surface area contributed by atoms with Gasteiger partial charge in [-0.2, -0.15) is 0 Å². The Morgan fingerprint density at radius 2 is 1.73 bits per heavy atom. The number of furan rings is 1. The smallest absolute Gasteiger partial charge is 0.296 e. The molecule has 3 aromatic rings. The molecule has 0 spiro atoms. The summed E-state index contributed by atoms with van der Waals surface area (Å²) in [5, 5.41) is 21.9. The van der Waals surface area contributed by atoms with Crippen LogP contribution in [0, 0.1) is 10.1 Å². The normalized spacial score (nSPS) is 18.0. The Morgan fingerprint density at radius 1 is 1.03 bits per heavy atom. The molecule has 0 aliphatic carbocycles. The van der Waals surface area contributed by atoms with E-state index in [1.54, 1.807) is 42.5 Å². The minimum atomic E-state index is -0.920. The molecule has 0 bridgehead atoms. The van der Waals surface area contributed by atoms with Gasteiger partial charge in [-0.1, -0.05) is 30.3 Å². The number of hydrogen-bond donors (Lipinski definition) is 1. The van der Waals surface area contributed by atoms with Crippen LogP contribution >= 0.6 is 0 Å². The number of benzene rings is 2. The number of Topliss-reactive ketones (excluding diaryl/α,β-unsaturated/α-hetero) is 1. The zero-order valence-corrected chi connectivity index (χ0v) is 15.6. The molecule has 2 heterocycles. The molecule has 4 rings (SSSR count). The molecule has 1 N–H and O–H groups in total. The van der Waals surface area contributed by atoms with Crippen molar-refractivity contribution < 1.29 is 24.0 Å². The van der Waals surface area contributed by atoms with Gasteiger partial charge in [0.1, 0.15) is 11.5 Å². The fraction of sp³-hybridized carbons (Fsp3) is 0.0909. The van der Waals surface area contributed by atoms with Gasteiger partial charge in [-0.15, -0.1) is 0 Å². The van der Waals surface area contributed by atoms with E-state index in [1.165, 1.54) is 35.4 Å². The number of nitrogens with zero attached hydrogens (tertiary/aromatic N) is 2. The number of amides is 1. The van der Waals surface area contributed by atoms with Crippen molar-refractivity contribution in [3.8, 4) is 0 Å². The van der Waals surface area contributed by atoms with Crippen molar-refractivity contribution in [1.82, 2.24) is 4.90 Å². The van der Waals surface area contributed by atoms with E-state index in [1.807, 2.05) is 0 Å². The molecule has 1 aliphatic rings. The van der Waals surface area contributed by atoms with Gasteiger partial charge in [-0.05, 0) is 29.8 Å². The van der Waals surface area contributed by atoms with Crippen molar-refractivity contribution in [2.75, 3.05) is 0 Å². The van der Waals surface area contributed by atoms with E-state index in [-0.39, 0.29) is 23.6 Å². The van der Waals surface area contributed by atoms with Gasteiger partial charge in [0.15, 0.2) is 0 Å². The Morgan fingerprint density at radius 3 is 2.33 bits per heavy atom. The molecule has 0 unspecified atom stereocenters. The number of aliphatic hydroxyl groups excluding tert-OH is 1. The third kappa shape index (κ3) is 3.35. The number of likely N-dealkylation sites (tertiary alicyclic amines) is 1. The average Bonchev–Trinajstić information content (AvgIpc) is 3.36. The first-order valence-electron chi connectivity index (χ1n) is 9.08. The second-order valence-electron chi connectivity index (χ2n) is 6.72. The number of carbonyl (C=O) groups is 2. The van der Waals surface area contributed by atoms with Gasteiger partial charge < -0.3 is 14.4 Å². The topological polar surface area (TPSA) is 114 Å². The van der Waals surface area contributed by atoms with Crippen molar-refractivity contribution in [3.05, 3.63) is 106 Å². The van der Waals surface area contributed by atoms with Gasteiger partial charge in [-0.25, -0.2) is 0 Å². The minimum Gasteiger partial charge on any atom is -0.507 e. The number of non-ortho nitro benzene ring substituents is 1. The molecule has 150 valence electrons. The van der Waals surface area contributed by atoms with Crippen LogP contribution in [0.25, 0.3) is 5.76 Å². The number of nitro benzene ring substituents is 1. The Hall–Kier alpha value is -4.20. The van der Waals surface area contributed by atoms with E-state index in [9.17, 15) is 24.8 Å². The van der Waals surface area contributed by atoms with Crippen LogP contribution in [0.2, 0.25) is 0 Å². The number of aliphatic hydroxyl groups is 1. The average molecular weight is 404 g/mol. The summed E-state index contributed by atoms with van der Waals surface area (Å²) < 4.78 is 5.32. The van der Waals surface area contributed by atoms with Crippen LogP contribution in [0.4, 0.5) is 5.69 Å². The predicted octanol–water partition coefficient (Wildman–Crippen LogP) is 3.81. The largest absolute Gasteiger partial charge is 0.507 e. The molecule has 2 aromatic carbocycles. The maximum atomic E-state index is 12.9. The van der Waals surface area contributed by atoms with Crippen LogP contribution in [-0.4, -0.2) is 26.6 Å². The molecule has 0 radical (unpaired) electrons. The lowest BCUT2D eigenvalue weighted by atomic mass is 9.95. The Labute approximate surface area is 170 Å². The van der Waals surface area contributed by atoms with Gasteiger partial charge in [0.2, 0.25) is 0 Å². The number of carbonyl (C=O) groups excluding carboxylic acids is 2. The zero-order valence-electron chi connectivity index (χ0n) is 15.6. The van der Waals surface area contributed by atoms with Crippen LogP contribution in [0.15, 0.2) is 83.0 Å². The number of hydrogen-bond acceptors (Lipinski definition) is 6. The highest BCUT2D eigenvalue weighted by Gasteiger charge is 2.46. The molecule has 8 nitrogen and oxygen atoms in total. The van der Waals surface area contributed by atoms with Gasteiger partial charge in [0.25, 0.3) is 17.4 Å². The third-order valence-corrected chi connectivity index (χ3v) is 4.91. The van der Waals surface area contributed by atoms with Crippen molar-refractivity contribution in [2.45, 2.75) is 12.6 Å². The fourth-order valence-electron chi connectivity index (χ4n) is 3.49. The van der Waals surface area contributed by atoms with Crippen LogP contribution in [0.1, 0.15) is 22.9 Å². The Kier molecular flexibility index (Phi) is 4.89. The minimum absolute atomic E-state index is 0.00476. The van der Waals surface area contributed by atoms with Crippen molar-refractivity contribution in [1.29, 1.82) is 0 Å². The highest BCUT2D eigenvalue weighted by atomic mass is 16.6. The zero-order chi connectivity index (χ0) is 21.3. The maximum Gasteiger partial charge on any atom is 0.296 e. The van der Waals surface area contributed by atoms with Crippen molar-refractivity contribution in [2.24, 2.45) is 0 Å². The van der Waals surface area contributed by atoms with Crippen LogP contribution < -0.4 is 0 Å². The van der Waals surface area contributed by atoms with Crippen LogP contribution in [0.5, 0.6) is 0 Å². The second kappa shape index (κ2) is 7.67. The van der Waals surface area contributed by atoms with Crippen LogP contribution in [-0.2, 0) is 16.1 Å². The molecule has 1 aromatic heterocycles. The van der Waals surface area contributed by atoms with E-state index < -0.39 is 22.7 Å². The van der Waals surface area contributed by atoms with Crippen LogP contribution in [0.3, 0.4) is 0 Å². The molecular formula is C22H16N2O6. The maximum absolute atomic E-state index is 12.9. The highest BCUT2D eigenvalue weighted by molar-refractivity contribution is 6.46. The third-order valence-electron chi connectivity index (χ3n) is 4.91. The SMILES string of the molecule is O=C1C(=O)N(Cc2ccco2)[C@@H](c2ccc([N+](=O)[O-])cc2)/C1=C(\O)c1ccccc1. The first kappa shape index (κ1) is 19.1. The van der Waals surface area contributed by atoms with Gasteiger partial charge >= 0.3 is 0 Å². The standard InChI is InChI=1S/C22H16N2O6/c25-20(15-5-2-1-3-6-15)18-19(14-8-10-16(11-9-14)24(28)29)23(22(27)21(18)26)13-17-7-4-12-30-17/h1-12,19,25H,13H2/b20-18+/t19-/m0/s1. The molecule has 1 saturated heterocycles. The Bertz CT molecular complexity index is 1130. The number of rotatable bonds is 5. The van der Waals surface area contributed by atoms with E-state index in [0.29, 0.717) is 16.9 Å². The quantitative estimate of drug-likeness (QED) is 0.227.